The fourth-order valence-electron chi connectivity index (χ4n) is 2.17. The third-order valence-electron chi connectivity index (χ3n) is 3.20. The molecule has 2 rings (SSSR count). The Kier molecular flexibility index (Phi) is 5.26. The highest BCUT2D eigenvalue weighted by Crippen LogP contribution is 2.20. The number of thioether (sulfide) groups is 1. The van der Waals surface area contributed by atoms with Gasteiger partial charge in [0.2, 0.25) is 0 Å². The largest absolute Gasteiger partial charge is 0.480 e. The van der Waals surface area contributed by atoms with E-state index in [2.05, 4.69) is 21.9 Å². The van der Waals surface area contributed by atoms with Crippen molar-refractivity contribution in [2.45, 2.75) is 19.0 Å². The minimum Gasteiger partial charge on any atom is -0.480 e. The van der Waals surface area contributed by atoms with Crippen LogP contribution in [0.2, 0.25) is 0 Å². The van der Waals surface area contributed by atoms with Crippen LogP contribution in [0.5, 0.6) is 0 Å². The molecule has 0 saturated heterocycles. The number of amides is 2. The molecular formula is C13H18N4O3S. The fourth-order valence-corrected chi connectivity index (χ4v) is 2.75. The number of nitrogens with zero attached hydrogens (tertiary/aromatic N) is 2. The van der Waals surface area contributed by atoms with Crippen molar-refractivity contribution >= 4 is 23.8 Å². The lowest BCUT2D eigenvalue weighted by Gasteiger charge is -2.32. The van der Waals surface area contributed by atoms with E-state index in [0.717, 1.165) is 17.2 Å². The molecule has 7 nitrogen and oxygen atoms in total. The lowest BCUT2D eigenvalue weighted by molar-refractivity contribution is -0.142. The zero-order chi connectivity index (χ0) is 15.2. The van der Waals surface area contributed by atoms with E-state index in [4.69, 9.17) is 0 Å². The molecule has 1 unspecified atom stereocenters. The summed E-state index contributed by atoms with van der Waals surface area (Å²) in [7, 11) is 0. The van der Waals surface area contributed by atoms with E-state index >= 15 is 0 Å². The molecule has 21 heavy (non-hydrogen) atoms. The summed E-state index contributed by atoms with van der Waals surface area (Å²) in [6, 6.07) is -1.23. The van der Waals surface area contributed by atoms with E-state index in [1.165, 1.54) is 11.2 Å². The molecule has 0 bridgehead atoms. The average molecular weight is 310 g/mol. The SMILES string of the molecule is C=CCSCCNC(=O)N1Cc2[nH]cnc2CC1C(=O)O. The molecule has 2 heterocycles. The molecule has 0 saturated carbocycles. The van der Waals surface area contributed by atoms with Gasteiger partial charge in [-0.05, 0) is 0 Å². The molecule has 1 aliphatic rings. The van der Waals surface area contributed by atoms with Crippen LogP contribution in [0.15, 0.2) is 19.0 Å². The Labute approximate surface area is 126 Å². The minimum atomic E-state index is -1.01. The molecule has 0 fully saturated rings. The number of aliphatic carboxylic acids is 1. The second-order valence-electron chi connectivity index (χ2n) is 4.61. The maximum atomic E-state index is 12.2. The fraction of sp³-hybridized carbons (Fsp3) is 0.462. The minimum absolute atomic E-state index is 0.229. The highest BCUT2D eigenvalue weighted by atomic mass is 32.2. The number of hydrogen-bond acceptors (Lipinski definition) is 4. The number of fused-ring (bicyclic) bond motifs is 1. The van der Waals surface area contributed by atoms with Gasteiger partial charge in [-0.2, -0.15) is 11.8 Å². The molecule has 3 N–H and O–H groups in total. The van der Waals surface area contributed by atoms with Gasteiger partial charge in [0.1, 0.15) is 6.04 Å². The van der Waals surface area contributed by atoms with Crippen molar-refractivity contribution in [3.05, 3.63) is 30.4 Å². The second-order valence-corrected chi connectivity index (χ2v) is 5.76. The molecule has 1 atom stereocenters. The highest BCUT2D eigenvalue weighted by Gasteiger charge is 2.35. The summed E-state index contributed by atoms with van der Waals surface area (Å²) < 4.78 is 0. The van der Waals surface area contributed by atoms with Gasteiger partial charge in [0.05, 0.1) is 24.3 Å². The monoisotopic (exact) mass is 310 g/mol. The second kappa shape index (κ2) is 7.16. The number of urea groups is 1. The number of carboxylic acid groups (broad SMARTS) is 1. The molecule has 0 aliphatic carbocycles. The highest BCUT2D eigenvalue weighted by molar-refractivity contribution is 7.99. The van der Waals surface area contributed by atoms with Crippen LogP contribution < -0.4 is 5.32 Å². The number of H-pyrrole nitrogens is 1. The van der Waals surface area contributed by atoms with Crippen molar-refractivity contribution in [3.63, 3.8) is 0 Å². The number of aromatic nitrogens is 2. The van der Waals surface area contributed by atoms with Crippen LogP contribution in [0.3, 0.4) is 0 Å². The maximum Gasteiger partial charge on any atom is 0.326 e. The number of imidazole rings is 1. The van der Waals surface area contributed by atoms with Gasteiger partial charge in [0.25, 0.3) is 0 Å². The number of hydrogen-bond donors (Lipinski definition) is 3. The van der Waals surface area contributed by atoms with Crippen LogP contribution >= 0.6 is 11.8 Å². The van der Waals surface area contributed by atoms with Gasteiger partial charge < -0.3 is 20.3 Å². The average Bonchev–Trinajstić information content (AvgIpc) is 2.92. The molecule has 2 amide bonds. The van der Waals surface area contributed by atoms with E-state index in [9.17, 15) is 14.7 Å². The summed E-state index contributed by atoms with van der Waals surface area (Å²) in [6.45, 7) is 4.35. The normalized spacial score (nSPS) is 17.1. The third kappa shape index (κ3) is 3.78. The first-order valence-electron chi connectivity index (χ1n) is 6.60. The molecule has 1 aromatic rings. The van der Waals surface area contributed by atoms with E-state index in [1.807, 2.05) is 0 Å². The lowest BCUT2D eigenvalue weighted by atomic mass is 10.0. The lowest BCUT2D eigenvalue weighted by Crippen LogP contribution is -2.52. The third-order valence-corrected chi connectivity index (χ3v) is 4.17. The molecule has 114 valence electrons. The Morgan fingerprint density at radius 1 is 1.67 bits per heavy atom. The summed E-state index contributed by atoms with van der Waals surface area (Å²) in [4.78, 5) is 31.9. The van der Waals surface area contributed by atoms with Crippen LogP contribution in [0.25, 0.3) is 0 Å². The number of rotatable bonds is 6. The Bertz CT molecular complexity index is 531. The molecule has 8 heteroatoms. The quantitative estimate of drug-likeness (QED) is 0.534. The predicted octanol–water partition coefficient (Wildman–Crippen LogP) is 0.850. The molecule has 1 aliphatic heterocycles. The topological polar surface area (TPSA) is 98.3 Å². The Hall–Kier alpha value is -1.96. The number of carboxylic acids is 1. The molecule has 0 radical (unpaired) electrons. The summed E-state index contributed by atoms with van der Waals surface area (Å²) in [5.74, 6) is 0.577. The first kappa shape index (κ1) is 15.4. The van der Waals surface area contributed by atoms with Gasteiger partial charge in [0, 0.05) is 24.5 Å². The summed E-state index contributed by atoms with van der Waals surface area (Å²) in [5.41, 5.74) is 1.51. The van der Waals surface area contributed by atoms with Crippen molar-refractivity contribution in [2.75, 3.05) is 18.1 Å². The van der Waals surface area contributed by atoms with Crippen LogP contribution in [0.4, 0.5) is 4.79 Å². The van der Waals surface area contributed by atoms with E-state index in [0.29, 0.717) is 12.2 Å². The predicted molar refractivity (Wildman–Crippen MR) is 80.2 cm³/mol. The maximum absolute atomic E-state index is 12.2. The smallest absolute Gasteiger partial charge is 0.326 e. The van der Waals surface area contributed by atoms with Crippen LogP contribution in [0.1, 0.15) is 11.4 Å². The standard InChI is InChI=1S/C13H18N4O3S/c1-2-4-21-5-3-14-13(20)17-7-10-9(15-8-16-10)6-11(17)12(18)19/h2,8,11H,1,3-7H2,(H,14,20)(H,15,16)(H,18,19). The number of carbonyl (C=O) groups excluding carboxylic acids is 1. The van der Waals surface area contributed by atoms with E-state index < -0.39 is 12.0 Å². The van der Waals surface area contributed by atoms with Crippen molar-refractivity contribution in [3.8, 4) is 0 Å². The first-order valence-corrected chi connectivity index (χ1v) is 7.76. The van der Waals surface area contributed by atoms with Gasteiger partial charge in [-0.15, -0.1) is 6.58 Å². The van der Waals surface area contributed by atoms with Gasteiger partial charge in [-0.1, -0.05) is 6.08 Å². The number of nitrogens with one attached hydrogen (secondary N) is 2. The van der Waals surface area contributed by atoms with Crippen molar-refractivity contribution in [2.24, 2.45) is 0 Å². The Balaban J connectivity index is 1.94. The van der Waals surface area contributed by atoms with E-state index in [-0.39, 0.29) is 19.0 Å². The summed E-state index contributed by atoms with van der Waals surface area (Å²) in [5, 5.41) is 12.0. The summed E-state index contributed by atoms with van der Waals surface area (Å²) in [6.07, 6.45) is 3.56. The Morgan fingerprint density at radius 2 is 2.48 bits per heavy atom. The zero-order valence-electron chi connectivity index (χ0n) is 11.5. The zero-order valence-corrected chi connectivity index (χ0v) is 12.4. The van der Waals surface area contributed by atoms with Gasteiger partial charge in [-0.25, -0.2) is 14.6 Å². The van der Waals surface area contributed by atoms with Crippen molar-refractivity contribution in [1.29, 1.82) is 0 Å². The van der Waals surface area contributed by atoms with Crippen LogP contribution in [0, 0.1) is 0 Å². The van der Waals surface area contributed by atoms with Crippen LogP contribution in [-0.4, -0.2) is 56.1 Å². The Morgan fingerprint density at radius 3 is 3.19 bits per heavy atom. The molecule has 1 aromatic heterocycles. The number of carbonyl (C=O) groups is 2. The summed E-state index contributed by atoms with van der Waals surface area (Å²) >= 11 is 1.66. The number of aromatic amines is 1. The van der Waals surface area contributed by atoms with Crippen molar-refractivity contribution < 1.29 is 14.7 Å². The van der Waals surface area contributed by atoms with Gasteiger partial charge in [-0.3, -0.25) is 0 Å². The first-order chi connectivity index (χ1) is 10.1. The molecule has 0 spiro atoms. The molecular weight excluding hydrogens is 292 g/mol. The van der Waals surface area contributed by atoms with E-state index in [1.54, 1.807) is 17.8 Å². The molecule has 0 aromatic carbocycles. The van der Waals surface area contributed by atoms with Gasteiger partial charge in [0.15, 0.2) is 0 Å². The van der Waals surface area contributed by atoms with Crippen LogP contribution in [-0.2, 0) is 17.8 Å². The van der Waals surface area contributed by atoms with Gasteiger partial charge >= 0.3 is 12.0 Å². The van der Waals surface area contributed by atoms with Crippen molar-refractivity contribution in [1.82, 2.24) is 20.2 Å².